The normalized spacial score (nSPS) is 28.5. The van der Waals surface area contributed by atoms with E-state index in [1.165, 1.54) is 0 Å². The number of hydrogen-bond acceptors (Lipinski definition) is 4. The van der Waals surface area contributed by atoms with E-state index < -0.39 is 5.60 Å². The van der Waals surface area contributed by atoms with Crippen molar-refractivity contribution in [3.8, 4) is 0 Å². The van der Waals surface area contributed by atoms with Crippen LogP contribution in [0.2, 0.25) is 0 Å². The predicted molar refractivity (Wildman–Crippen MR) is 61.3 cm³/mol. The molecule has 0 aromatic rings. The Kier molecular flexibility index (Phi) is 5.69. The summed E-state index contributed by atoms with van der Waals surface area (Å²) in [6.45, 7) is 5.46. The summed E-state index contributed by atoms with van der Waals surface area (Å²) >= 11 is 0. The standard InChI is InChI=1S/C12H24O4/c1-3-11-10(7-15-11)8-16-12(4-2,9-14)5-6-13/h10-11,13-14H,3-9H2,1-2H3. The number of hydrogen-bond donors (Lipinski definition) is 2. The molecular weight excluding hydrogens is 208 g/mol. The van der Waals surface area contributed by atoms with Gasteiger partial charge in [0.25, 0.3) is 0 Å². The number of ether oxygens (including phenoxy) is 2. The van der Waals surface area contributed by atoms with Gasteiger partial charge in [-0.25, -0.2) is 0 Å². The summed E-state index contributed by atoms with van der Waals surface area (Å²) in [4.78, 5) is 0. The van der Waals surface area contributed by atoms with Gasteiger partial charge in [0, 0.05) is 18.9 Å². The molecule has 0 amide bonds. The first-order chi connectivity index (χ1) is 7.71. The van der Waals surface area contributed by atoms with Crippen molar-refractivity contribution >= 4 is 0 Å². The van der Waals surface area contributed by atoms with Gasteiger partial charge in [-0.05, 0) is 12.8 Å². The van der Waals surface area contributed by atoms with Gasteiger partial charge in [-0.3, -0.25) is 0 Å². The Balaban J connectivity index is 2.37. The van der Waals surface area contributed by atoms with E-state index in [1.807, 2.05) is 6.92 Å². The molecule has 0 saturated carbocycles. The third-order valence-electron chi connectivity index (χ3n) is 3.56. The Morgan fingerprint density at radius 3 is 2.50 bits per heavy atom. The molecule has 0 radical (unpaired) electrons. The molecule has 0 spiro atoms. The van der Waals surface area contributed by atoms with Gasteiger partial charge in [0.15, 0.2) is 0 Å². The van der Waals surface area contributed by atoms with E-state index >= 15 is 0 Å². The Hall–Kier alpha value is -0.160. The second kappa shape index (κ2) is 6.55. The Bertz CT molecular complexity index is 189. The highest BCUT2D eigenvalue weighted by molar-refractivity contribution is 4.82. The van der Waals surface area contributed by atoms with E-state index in [4.69, 9.17) is 14.6 Å². The number of rotatable bonds is 8. The van der Waals surface area contributed by atoms with Crippen molar-refractivity contribution in [3.05, 3.63) is 0 Å². The summed E-state index contributed by atoms with van der Waals surface area (Å²) in [6, 6.07) is 0. The molecule has 0 aliphatic carbocycles. The zero-order valence-electron chi connectivity index (χ0n) is 10.3. The van der Waals surface area contributed by atoms with E-state index in [0.29, 0.717) is 31.5 Å². The van der Waals surface area contributed by atoms with Crippen molar-refractivity contribution in [1.29, 1.82) is 0 Å². The average molecular weight is 232 g/mol. The maximum atomic E-state index is 9.37. The van der Waals surface area contributed by atoms with Gasteiger partial charge in [0.05, 0.1) is 31.5 Å². The zero-order valence-corrected chi connectivity index (χ0v) is 10.3. The Morgan fingerprint density at radius 1 is 1.38 bits per heavy atom. The van der Waals surface area contributed by atoms with Crippen molar-refractivity contribution < 1.29 is 19.7 Å². The van der Waals surface area contributed by atoms with Crippen LogP contribution >= 0.6 is 0 Å². The first-order valence-corrected chi connectivity index (χ1v) is 6.18. The van der Waals surface area contributed by atoms with Gasteiger partial charge in [0.2, 0.25) is 0 Å². The Labute approximate surface area is 97.6 Å². The topological polar surface area (TPSA) is 58.9 Å². The van der Waals surface area contributed by atoms with E-state index in [-0.39, 0.29) is 13.2 Å². The minimum absolute atomic E-state index is 0.0333. The van der Waals surface area contributed by atoms with Crippen molar-refractivity contribution in [2.75, 3.05) is 26.4 Å². The van der Waals surface area contributed by atoms with Crippen LogP contribution in [0.15, 0.2) is 0 Å². The molecule has 16 heavy (non-hydrogen) atoms. The second-order valence-corrected chi connectivity index (χ2v) is 4.52. The molecule has 0 bridgehead atoms. The summed E-state index contributed by atoms with van der Waals surface area (Å²) in [6.07, 6.45) is 2.52. The van der Waals surface area contributed by atoms with Gasteiger partial charge < -0.3 is 19.7 Å². The fourth-order valence-electron chi connectivity index (χ4n) is 2.05. The van der Waals surface area contributed by atoms with E-state index in [0.717, 1.165) is 13.0 Å². The van der Waals surface area contributed by atoms with Crippen molar-refractivity contribution in [1.82, 2.24) is 0 Å². The molecule has 2 N–H and O–H groups in total. The van der Waals surface area contributed by atoms with Gasteiger partial charge in [-0.15, -0.1) is 0 Å². The average Bonchev–Trinajstić information content (AvgIpc) is 2.27. The van der Waals surface area contributed by atoms with Gasteiger partial charge in [-0.2, -0.15) is 0 Å². The lowest BCUT2D eigenvalue weighted by molar-refractivity contribution is -0.177. The molecule has 1 rings (SSSR count). The minimum Gasteiger partial charge on any atom is -0.396 e. The molecule has 0 aromatic carbocycles. The van der Waals surface area contributed by atoms with Crippen LogP contribution in [0.25, 0.3) is 0 Å². The molecule has 96 valence electrons. The third kappa shape index (κ3) is 3.17. The summed E-state index contributed by atoms with van der Waals surface area (Å²) < 4.78 is 11.2. The maximum Gasteiger partial charge on any atom is 0.0931 e. The molecule has 3 unspecified atom stereocenters. The highest BCUT2D eigenvalue weighted by atomic mass is 16.5. The van der Waals surface area contributed by atoms with Crippen molar-refractivity contribution in [2.45, 2.75) is 44.8 Å². The molecule has 1 fully saturated rings. The van der Waals surface area contributed by atoms with Crippen molar-refractivity contribution in [3.63, 3.8) is 0 Å². The maximum absolute atomic E-state index is 9.37. The quantitative estimate of drug-likeness (QED) is 0.654. The second-order valence-electron chi connectivity index (χ2n) is 4.52. The first-order valence-electron chi connectivity index (χ1n) is 6.18. The molecule has 0 aromatic heterocycles. The highest BCUT2D eigenvalue weighted by Crippen LogP contribution is 2.27. The predicted octanol–water partition coefficient (Wildman–Crippen LogP) is 0.951. The smallest absolute Gasteiger partial charge is 0.0931 e. The monoisotopic (exact) mass is 232 g/mol. The van der Waals surface area contributed by atoms with Crippen LogP contribution in [0.1, 0.15) is 33.1 Å². The van der Waals surface area contributed by atoms with Crippen LogP contribution in [0.3, 0.4) is 0 Å². The van der Waals surface area contributed by atoms with Crippen LogP contribution in [0.5, 0.6) is 0 Å². The molecule has 4 nitrogen and oxygen atoms in total. The lowest BCUT2D eigenvalue weighted by Crippen LogP contribution is -2.46. The van der Waals surface area contributed by atoms with Gasteiger partial charge >= 0.3 is 0 Å². The number of aliphatic hydroxyl groups is 2. The number of aliphatic hydroxyl groups excluding tert-OH is 2. The zero-order chi connectivity index (χ0) is 12.0. The summed E-state index contributed by atoms with van der Waals surface area (Å²) in [5, 5.41) is 18.3. The molecular formula is C12H24O4. The molecule has 1 saturated heterocycles. The fraction of sp³-hybridized carbons (Fsp3) is 1.00. The van der Waals surface area contributed by atoms with Crippen LogP contribution in [0, 0.1) is 5.92 Å². The SMILES string of the molecule is CCC1OCC1COC(CC)(CO)CCO. The van der Waals surface area contributed by atoms with Crippen LogP contribution in [-0.4, -0.2) is 48.3 Å². The molecule has 3 atom stereocenters. The highest BCUT2D eigenvalue weighted by Gasteiger charge is 2.34. The van der Waals surface area contributed by atoms with Gasteiger partial charge in [-0.1, -0.05) is 13.8 Å². The van der Waals surface area contributed by atoms with Crippen molar-refractivity contribution in [2.24, 2.45) is 5.92 Å². The van der Waals surface area contributed by atoms with Crippen LogP contribution < -0.4 is 0 Å². The van der Waals surface area contributed by atoms with Crippen LogP contribution in [-0.2, 0) is 9.47 Å². The fourth-order valence-corrected chi connectivity index (χ4v) is 2.05. The first kappa shape index (κ1) is 13.9. The molecule has 4 heteroatoms. The third-order valence-corrected chi connectivity index (χ3v) is 3.56. The molecule has 1 aliphatic rings. The van der Waals surface area contributed by atoms with Crippen LogP contribution in [0.4, 0.5) is 0 Å². The lowest BCUT2D eigenvalue weighted by Gasteiger charge is -2.39. The largest absolute Gasteiger partial charge is 0.396 e. The lowest BCUT2D eigenvalue weighted by atomic mass is 9.94. The van der Waals surface area contributed by atoms with E-state index in [2.05, 4.69) is 6.92 Å². The van der Waals surface area contributed by atoms with E-state index in [9.17, 15) is 5.11 Å². The summed E-state index contributed by atoms with van der Waals surface area (Å²) in [5.41, 5.74) is -0.567. The van der Waals surface area contributed by atoms with E-state index in [1.54, 1.807) is 0 Å². The molecule has 1 aliphatic heterocycles. The van der Waals surface area contributed by atoms with Gasteiger partial charge in [0.1, 0.15) is 0 Å². The Morgan fingerprint density at radius 2 is 2.12 bits per heavy atom. The summed E-state index contributed by atoms with van der Waals surface area (Å²) in [5.74, 6) is 0.446. The molecule has 1 heterocycles. The minimum atomic E-state index is -0.567. The summed E-state index contributed by atoms with van der Waals surface area (Å²) in [7, 11) is 0.